The lowest BCUT2D eigenvalue weighted by Crippen LogP contribution is -2.05. The number of rotatable bonds is 6. The lowest BCUT2D eigenvalue weighted by molar-refractivity contribution is 0.0992. The smallest absolute Gasteiger partial charge is 0.167 e. The summed E-state index contributed by atoms with van der Waals surface area (Å²) in [5.41, 5.74) is 4.05. The summed E-state index contributed by atoms with van der Waals surface area (Å²) < 4.78 is 5.77. The van der Waals surface area contributed by atoms with Gasteiger partial charge in [0.15, 0.2) is 5.78 Å². The van der Waals surface area contributed by atoms with Crippen molar-refractivity contribution in [1.29, 1.82) is 0 Å². The zero-order chi connectivity index (χ0) is 16.1. The normalized spacial score (nSPS) is 10.5. The number of thiophene rings is 1. The van der Waals surface area contributed by atoms with Gasteiger partial charge in [-0.05, 0) is 52.6 Å². The molecule has 3 rings (SSSR count). The SMILES string of the molecule is Cc1ccccc1CC(=O)c1cccc(OCc2ccsc2)c1. The molecule has 0 saturated heterocycles. The summed E-state index contributed by atoms with van der Waals surface area (Å²) in [5, 5.41) is 4.09. The van der Waals surface area contributed by atoms with Crippen LogP contribution in [0, 0.1) is 6.92 Å². The van der Waals surface area contributed by atoms with E-state index in [0.29, 0.717) is 18.6 Å². The van der Waals surface area contributed by atoms with Crippen LogP contribution in [-0.2, 0) is 13.0 Å². The predicted molar refractivity (Wildman–Crippen MR) is 94.3 cm³/mol. The second kappa shape index (κ2) is 7.25. The highest BCUT2D eigenvalue weighted by molar-refractivity contribution is 7.07. The van der Waals surface area contributed by atoms with Gasteiger partial charge >= 0.3 is 0 Å². The highest BCUT2D eigenvalue weighted by Crippen LogP contribution is 2.18. The van der Waals surface area contributed by atoms with Gasteiger partial charge < -0.3 is 4.74 Å². The van der Waals surface area contributed by atoms with Crippen molar-refractivity contribution in [2.24, 2.45) is 0 Å². The topological polar surface area (TPSA) is 26.3 Å². The van der Waals surface area contributed by atoms with Crippen LogP contribution in [0.2, 0.25) is 0 Å². The Hall–Kier alpha value is -2.39. The van der Waals surface area contributed by atoms with E-state index < -0.39 is 0 Å². The van der Waals surface area contributed by atoms with E-state index in [1.54, 1.807) is 11.3 Å². The summed E-state index contributed by atoms with van der Waals surface area (Å²) in [7, 11) is 0. The lowest BCUT2D eigenvalue weighted by Gasteiger charge is -2.08. The summed E-state index contributed by atoms with van der Waals surface area (Å²) in [6, 6.07) is 17.5. The van der Waals surface area contributed by atoms with Crippen molar-refractivity contribution in [1.82, 2.24) is 0 Å². The molecule has 0 atom stereocenters. The molecule has 0 aliphatic rings. The van der Waals surface area contributed by atoms with Gasteiger partial charge in [-0.15, -0.1) is 0 Å². The van der Waals surface area contributed by atoms with Gasteiger partial charge in [0.25, 0.3) is 0 Å². The molecule has 2 nitrogen and oxygen atoms in total. The first-order valence-electron chi connectivity index (χ1n) is 7.54. The number of carbonyl (C=O) groups excluding carboxylic acids is 1. The number of hydrogen-bond acceptors (Lipinski definition) is 3. The molecule has 0 N–H and O–H groups in total. The summed E-state index contributed by atoms with van der Waals surface area (Å²) in [6.07, 6.45) is 0.417. The molecule has 0 radical (unpaired) electrons. The highest BCUT2D eigenvalue weighted by Gasteiger charge is 2.09. The summed E-state index contributed by atoms with van der Waals surface area (Å²) in [4.78, 5) is 12.5. The third-order valence-corrected chi connectivity index (χ3v) is 4.49. The van der Waals surface area contributed by atoms with Crippen LogP contribution >= 0.6 is 11.3 Å². The van der Waals surface area contributed by atoms with E-state index >= 15 is 0 Å². The molecule has 23 heavy (non-hydrogen) atoms. The first kappa shape index (κ1) is 15.5. The minimum atomic E-state index is 0.111. The Balaban J connectivity index is 1.69. The largest absolute Gasteiger partial charge is 0.489 e. The van der Waals surface area contributed by atoms with E-state index in [2.05, 4.69) is 5.38 Å². The summed E-state index contributed by atoms with van der Waals surface area (Å²) in [6.45, 7) is 2.56. The van der Waals surface area contributed by atoms with Gasteiger partial charge in [0.1, 0.15) is 12.4 Å². The average molecular weight is 322 g/mol. The molecule has 3 aromatic rings. The van der Waals surface area contributed by atoms with E-state index in [0.717, 1.165) is 22.4 Å². The fourth-order valence-electron chi connectivity index (χ4n) is 2.38. The van der Waals surface area contributed by atoms with Crippen LogP contribution in [-0.4, -0.2) is 5.78 Å². The first-order valence-corrected chi connectivity index (χ1v) is 8.48. The molecule has 0 aliphatic carbocycles. The molecule has 2 aromatic carbocycles. The van der Waals surface area contributed by atoms with Crippen LogP contribution in [0.25, 0.3) is 0 Å². The Morgan fingerprint density at radius 1 is 1.09 bits per heavy atom. The van der Waals surface area contributed by atoms with Crippen molar-refractivity contribution in [3.63, 3.8) is 0 Å². The van der Waals surface area contributed by atoms with Crippen LogP contribution < -0.4 is 4.74 Å². The number of aryl methyl sites for hydroxylation is 1. The maximum atomic E-state index is 12.5. The molecule has 0 spiro atoms. The van der Waals surface area contributed by atoms with Crippen LogP contribution in [0.3, 0.4) is 0 Å². The summed E-state index contributed by atoms with van der Waals surface area (Å²) in [5.74, 6) is 0.840. The van der Waals surface area contributed by atoms with Crippen LogP contribution in [0.4, 0.5) is 0 Å². The van der Waals surface area contributed by atoms with E-state index in [9.17, 15) is 4.79 Å². The zero-order valence-corrected chi connectivity index (χ0v) is 13.8. The standard InChI is InChI=1S/C20H18O2S/c1-15-5-2-3-6-17(15)12-20(21)18-7-4-8-19(11-18)22-13-16-9-10-23-14-16/h2-11,14H,12-13H2,1H3. The fraction of sp³-hybridized carbons (Fsp3) is 0.150. The van der Waals surface area contributed by atoms with Crippen LogP contribution in [0.1, 0.15) is 27.0 Å². The van der Waals surface area contributed by atoms with Gasteiger partial charge in [0.05, 0.1) is 0 Å². The van der Waals surface area contributed by atoms with Crippen molar-refractivity contribution in [3.8, 4) is 5.75 Å². The molecule has 0 unspecified atom stereocenters. The third kappa shape index (κ3) is 4.08. The van der Waals surface area contributed by atoms with Crippen molar-refractivity contribution in [3.05, 3.63) is 87.6 Å². The van der Waals surface area contributed by atoms with Crippen molar-refractivity contribution < 1.29 is 9.53 Å². The van der Waals surface area contributed by atoms with Gasteiger partial charge in [0, 0.05) is 12.0 Å². The molecule has 116 valence electrons. The first-order chi connectivity index (χ1) is 11.2. The Morgan fingerprint density at radius 2 is 1.96 bits per heavy atom. The molecule has 3 heteroatoms. The second-order valence-electron chi connectivity index (χ2n) is 5.47. The number of ketones is 1. The lowest BCUT2D eigenvalue weighted by atomic mass is 9.99. The molecule has 0 bridgehead atoms. The Labute approximate surface area is 140 Å². The number of Topliss-reactive ketones (excluding diaryl/α,β-unsaturated/α-hetero) is 1. The molecule has 0 amide bonds. The van der Waals surface area contributed by atoms with E-state index in [1.165, 1.54) is 0 Å². The number of carbonyl (C=O) groups is 1. The monoisotopic (exact) mass is 322 g/mol. The van der Waals surface area contributed by atoms with Gasteiger partial charge in [0.2, 0.25) is 0 Å². The molecule has 1 heterocycles. The summed E-state index contributed by atoms with van der Waals surface area (Å²) >= 11 is 1.65. The van der Waals surface area contributed by atoms with Gasteiger partial charge in [-0.3, -0.25) is 4.79 Å². The number of benzene rings is 2. The van der Waals surface area contributed by atoms with Crippen LogP contribution in [0.5, 0.6) is 5.75 Å². The predicted octanol–water partition coefficient (Wildman–Crippen LogP) is 5.06. The van der Waals surface area contributed by atoms with Crippen LogP contribution in [0.15, 0.2) is 65.4 Å². The highest BCUT2D eigenvalue weighted by atomic mass is 32.1. The zero-order valence-electron chi connectivity index (χ0n) is 13.0. The van der Waals surface area contributed by atoms with Crippen molar-refractivity contribution in [2.75, 3.05) is 0 Å². The van der Waals surface area contributed by atoms with E-state index in [4.69, 9.17) is 4.74 Å². The van der Waals surface area contributed by atoms with Crippen molar-refractivity contribution in [2.45, 2.75) is 20.0 Å². The molecule has 0 saturated carbocycles. The maximum Gasteiger partial charge on any atom is 0.167 e. The van der Waals surface area contributed by atoms with E-state index in [-0.39, 0.29) is 5.78 Å². The molecular weight excluding hydrogens is 304 g/mol. The molecule has 0 fully saturated rings. The minimum Gasteiger partial charge on any atom is -0.489 e. The molecule has 1 aromatic heterocycles. The number of hydrogen-bond donors (Lipinski definition) is 0. The van der Waals surface area contributed by atoms with Gasteiger partial charge in [-0.25, -0.2) is 0 Å². The molecular formula is C20H18O2S. The quantitative estimate of drug-likeness (QED) is 0.593. The van der Waals surface area contributed by atoms with Gasteiger partial charge in [-0.1, -0.05) is 36.4 Å². The Morgan fingerprint density at radius 3 is 2.74 bits per heavy atom. The Kier molecular flexibility index (Phi) is 4.89. The Bertz CT molecular complexity index is 791. The third-order valence-electron chi connectivity index (χ3n) is 3.75. The average Bonchev–Trinajstić information content (AvgIpc) is 3.09. The fourth-order valence-corrected chi connectivity index (χ4v) is 3.04. The maximum absolute atomic E-state index is 12.5. The second-order valence-corrected chi connectivity index (χ2v) is 6.25. The molecule has 0 aliphatic heterocycles. The van der Waals surface area contributed by atoms with Crippen molar-refractivity contribution >= 4 is 17.1 Å². The van der Waals surface area contributed by atoms with Gasteiger partial charge in [-0.2, -0.15) is 11.3 Å². The number of ether oxygens (including phenoxy) is 1. The minimum absolute atomic E-state index is 0.111. The van der Waals surface area contributed by atoms with E-state index in [1.807, 2.05) is 66.9 Å².